The molecule has 0 unspecified atom stereocenters. The van der Waals surface area contributed by atoms with E-state index in [-0.39, 0.29) is 0 Å². The summed E-state index contributed by atoms with van der Waals surface area (Å²) >= 11 is 1.29. The van der Waals surface area contributed by atoms with Crippen molar-refractivity contribution in [3.8, 4) is 21.5 Å². The Morgan fingerprint density at radius 2 is 2.00 bits per heavy atom. The molecule has 3 aromatic rings. The summed E-state index contributed by atoms with van der Waals surface area (Å²) in [4.78, 5) is 12.5. The van der Waals surface area contributed by atoms with E-state index >= 15 is 0 Å². The van der Waals surface area contributed by atoms with Crippen LogP contribution in [0.4, 0.5) is 0 Å². The number of para-hydroxylation sites is 1. The summed E-state index contributed by atoms with van der Waals surface area (Å²) < 4.78 is 4.75. The van der Waals surface area contributed by atoms with Gasteiger partial charge in [-0.1, -0.05) is 29.5 Å². The highest BCUT2D eigenvalue weighted by atomic mass is 32.1. The summed E-state index contributed by atoms with van der Waals surface area (Å²) in [6.07, 6.45) is 0. The van der Waals surface area contributed by atoms with Crippen LogP contribution in [-0.4, -0.2) is 26.7 Å². The number of aromatic nitrogens is 4. The van der Waals surface area contributed by atoms with Crippen molar-refractivity contribution in [2.45, 2.75) is 0 Å². The van der Waals surface area contributed by atoms with E-state index in [0.717, 1.165) is 10.6 Å². The van der Waals surface area contributed by atoms with Crippen LogP contribution < -0.4 is 4.74 Å². The highest BCUT2D eigenvalue weighted by molar-refractivity contribution is 7.17. The highest BCUT2D eigenvalue weighted by Crippen LogP contribution is 2.30. The highest BCUT2D eigenvalue weighted by Gasteiger charge is 2.10. The molecule has 0 aliphatic rings. The Hall–Kier alpha value is -2.54. The Kier molecular flexibility index (Phi) is 3.03. The lowest BCUT2D eigenvalue weighted by atomic mass is 10.3. The van der Waals surface area contributed by atoms with Crippen molar-refractivity contribution in [3.05, 3.63) is 42.5 Å². The smallest absolute Gasteiger partial charge is 0.299 e. The molecule has 0 amide bonds. The van der Waals surface area contributed by atoms with Gasteiger partial charge in [0, 0.05) is 0 Å². The van der Waals surface area contributed by atoms with E-state index in [1.807, 2.05) is 30.3 Å². The fourth-order valence-corrected chi connectivity index (χ4v) is 2.28. The largest absolute Gasteiger partial charge is 0.418 e. The molecule has 0 radical (unpaired) electrons. The van der Waals surface area contributed by atoms with Gasteiger partial charge in [-0.3, -0.25) is 4.79 Å². The molecule has 94 valence electrons. The maximum Gasteiger partial charge on any atom is 0.299 e. The average Bonchev–Trinajstić information content (AvgIpc) is 3.08. The number of carbonyl (C=O) groups excluding carboxylic acids is 1. The first-order valence-corrected chi connectivity index (χ1v) is 6.24. The summed E-state index contributed by atoms with van der Waals surface area (Å²) in [7, 11) is 0. The average molecular weight is 272 g/mol. The van der Waals surface area contributed by atoms with E-state index in [4.69, 9.17) is 4.74 Å². The van der Waals surface area contributed by atoms with Gasteiger partial charge < -0.3 is 4.74 Å². The van der Waals surface area contributed by atoms with Gasteiger partial charge in [-0.2, -0.15) is 0 Å². The van der Waals surface area contributed by atoms with Crippen LogP contribution in [0.5, 0.6) is 5.06 Å². The van der Waals surface area contributed by atoms with Gasteiger partial charge in [-0.05, 0) is 29.5 Å². The van der Waals surface area contributed by atoms with E-state index in [1.165, 1.54) is 16.1 Å². The van der Waals surface area contributed by atoms with Crippen LogP contribution in [0, 0.1) is 0 Å². The second-order valence-corrected chi connectivity index (χ2v) is 4.62. The zero-order valence-corrected chi connectivity index (χ0v) is 10.4. The fourth-order valence-electron chi connectivity index (χ4n) is 1.53. The summed E-state index contributed by atoms with van der Waals surface area (Å²) in [5.41, 5.74) is 0.835. The molecule has 0 N–H and O–H groups in total. The van der Waals surface area contributed by atoms with Gasteiger partial charge in [0.25, 0.3) is 6.47 Å². The number of hydrogen-bond acceptors (Lipinski definition) is 6. The lowest BCUT2D eigenvalue weighted by Gasteiger charge is -1.95. The van der Waals surface area contributed by atoms with Crippen molar-refractivity contribution in [1.82, 2.24) is 20.2 Å². The molecule has 1 aromatic carbocycles. The predicted molar refractivity (Wildman–Crippen MR) is 69.2 cm³/mol. The number of ether oxygens (including phenoxy) is 1. The Morgan fingerprint density at radius 3 is 2.79 bits per heavy atom. The quantitative estimate of drug-likeness (QED) is 0.679. The first-order chi connectivity index (χ1) is 9.36. The maximum atomic E-state index is 10.2. The van der Waals surface area contributed by atoms with Crippen LogP contribution in [-0.2, 0) is 4.79 Å². The summed E-state index contributed by atoms with van der Waals surface area (Å²) in [6, 6.07) is 13.0. The van der Waals surface area contributed by atoms with Crippen molar-refractivity contribution in [3.63, 3.8) is 0 Å². The minimum Gasteiger partial charge on any atom is -0.418 e. The number of hydrogen-bond donors (Lipinski definition) is 0. The van der Waals surface area contributed by atoms with Crippen LogP contribution in [0.1, 0.15) is 0 Å². The van der Waals surface area contributed by atoms with E-state index < -0.39 is 0 Å². The van der Waals surface area contributed by atoms with E-state index in [0.29, 0.717) is 17.4 Å². The summed E-state index contributed by atoms with van der Waals surface area (Å²) in [5, 5.41) is 12.8. The van der Waals surface area contributed by atoms with Crippen molar-refractivity contribution in [2.24, 2.45) is 0 Å². The molecule has 2 heterocycles. The van der Waals surface area contributed by atoms with Crippen LogP contribution in [0.2, 0.25) is 0 Å². The maximum absolute atomic E-state index is 10.2. The van der Waals surface area contributed by atoms with Crippen molar-refractivity contribution in [1.29, 1.82) is 0 Å². The minimum atomic E-state index is 0.393. The Balaban J connectivity index is 1.90. The lowest BCUT2D eigenvalue weighted by Crippen LogP contribution is -1.97. The SMILES string of the molecule is O=COc1ccc(-c2nnn(-c3ccccc3)n2)s1. The third kappa shape index (κ3) is 2.36. The second kappa shape index (κ2) is 4.99. The third-order valence-corrected chi connectivity index (χ3v) is 3.34. The molecule has 0 saturated heterocycles. The predicted octanol–water partition coefficient (Wildman–Crippen LogP) is 1.93. The number of nitrogens with zero attached hydrogens (tertiary/aromatic N) is 4. The van der Waals surface area contributed by atoms with Gasteiger partial charge in [-0.25, -0.2) is 0 Å². The van der Waals surface area contributed by atoms with Crippen LogP contribution in [0.3, 0.4) is 0 Å². The first kappa shape index (κ1) is 11.5. The topological polar surface area (TPSA) is 69.9 Å². The fraction of sp³-hybridized carbons (Fsp3) is 0. The van der Waals surface area contributed by atoms with Crippen LogP contribution in [0.15, 0.2) is 42.5 Å². The molecular weight excluding hydrogens is 264 g/mol. The molecule has 0 bridgehead atoms. The number of carbonyl (C=O) groups is 1. The zero-order valence-electron chi connectivity index (χ0n) is 9.63. The Bertz CT molecular complexity index is 693. The minimum absolute atomic E-state index is 0.393. The number of benzene rings is 1. The molecule has 0 spiro atoms. The van der Waals surface area contributed by atoms with E-state index in [1.54, 1.807) is 12.1 Å². The Morgan fingerprint density at radius 1 is 1.16 bits per heavy atom. The molecule has 2 aromatic heterocycles. The number of thiophene rings is 1. The van der Waals surface area contributed by atoms with Gasteiger partial charge >= 0.3 is 0 Å². The standard InChI is InChI=1S/C12H8N4O2S/c17-8-18-11-7-6-10(19-11)12-13-15-16(14-12)9-4-2-1-3-5-9/h1-8H. The molecule has 0 fully saturated rings. The van der Waals surface area contributed by atoms with Crippen LogP contribution in [0.25, 0.3) is 16.4 Å². The van der Waals surface area contributed by atoms with Gasteiger partial charge in [0.05, 0.1) is 10.6 Å². The van der Waals surface area contributed by atoms with Gasteiger partial charge in [0.2, 0.25) is 5.82 Å². The van der Waals surface area contributed by atoms with Crippen molar-refractivity contribution < 1.29 is 9.53 Å². The third-order valence-electron chi connectivity index (χ3n) is 2.37. The van der Waals surface area contributed by atoms with E-state index in [9.17, 15) is 4.79 Å². The molecule has 0 aliphatic carbocycles. The van der Waals surface area contributed by atoms with Crippen molar-refractivity contribution >= 4 is 17.8 Å². The summed E-state index contributed by atoms with van der Waals surface area (Å²) in [5.74, 6) is 0.495. The molecule has 7 heteroatoms. The molecule has 0 saturated carbocycles. The molecule has 3 rings (SSSR count). The summed E-state index contributed by atoms with van der Waals surface area (Å²) in [6.45, 7) is 0.393. The van der Waals surface area contributed by atoms with E-state index in [2.05, 4.69) is 15.4 Å². The number of rotatable bonds is 4. The molecule has 6 nitrogen and oxygen atoms in total. The van der Waals surface area contributed by atoms with Gasteiger partial charge in [0.1, 0.15) is 0 Å². The normalized spacial score (nSPS) is 10.3. The number of tetrazole rings is 1. The monoisotopic (exact) mass is 272 g/mol. The van der Waals surface area contributed by atoms with Gasteiger partial charge in [-0.15, -0.1) is 15.0 Å². The lowest BCUT2D eigenvalue weighted by molar-refractivity contribution is -0.120. The molecule has 0 atom stereocenters. The van der Waals surface area contributed by atoms with Crippen LogP contribution >= 0.6 is 11.3 Å². The first-order valence-electron chi connectivity index (χ1n) is 5.43. The second-order valence-electron chi connectivity index (χ2n) is 3.57. The molecule has 19 heavy (non-hydrogen) atoms. The molecular formula is C12H8N4O2S. The Labute approximate surface area is 112 Å². The van der Waals surface area contributed by atoms with Crippen molar-refractivity contribution in [2.75, 3.05) is 0 Å². The zero-order chi connectivity index (χ0) is 13.1. The molecule has 0 aliphatic heterocycles. The van der Waals surface area contributed by atoms with Gasteiger partial charge in [0.15, 0.2) is 5.06 Å².